The monoisotopic (exact) mass is 297 g/mol. The molecule has 3 aromatic rings. The molecule has 0 unspecified atom stereocenters. The van der Waals surface area contributed by atoms with Crippen LogP contribution < -0.4 is 5.32 Å². The highest BCUT2D eigenvalue weighted by molar-refractivity contribution is 5.88. The number of carbonyl (C=O) groups is 1. The van der Waals surface area contributed by atoms with E-state index in [2.05, 4.69) is 20.7 Å². The van der Waals surface area contributed by atoms with Crippen LogP contribution in [-0.4, -0.2) is 26.1 Å². The van der Waals surface area contributed by atoms with Gasteiger partial charge in [-0.3, -0.25) is 4.79 Å². The Morgan fingerprint density at radius 3 is 2.41 bits per heavy atom. The van der Waals surface area contributed by atoms with Crippen molar-refractivity contribution in [1.29, 1.82) is 0 Å². The topological polar surface area (TPSA) is 72.7 Å². The van der Waals surface area contributed by atoms with Crippen molar-refractivity contribution in [3.8, 4) is 17.1 Å². The first-order chi connectivity index (χ1) is 10.6. The summed E-state index contributed by atoms with van der Waals surface area (Å²) in [4.78, 5) is 12.3. The second-order valence-electron chi connectivity index (χ2n) is 4.64. The summed E-state index contributed by atoms with van der Waals surface area (Å²) in [6, 6.07) is 12.9. The summed E-state index contributed by atoms with van der Waals surface area (Å²) >= 11 is 0. The zero-order chi connectivity index (χ0) is 15.5. The molecule has 0 fully saturated rings. The average molecular weight is 297 g/mol. The van der Waals surface area contributed by atoms with Crippen LogP contribution in [0.4, 0.5) is 10.1 Å². The minimum Gasteiger partial charge on any atom is -0.326 e. The van der Waals surface area contributed by atoms with Gasteiger partial charge in [0.25, 0.3) is 0 Å². The lowest BCUT2D eigenvalue weighted by molar-refractivity contribution is -0.114. The molecule has 2 aromatic carbocycles. The summed E-state index contributed by atoms with van der Waals surface area (Å²) in [5.74, 6) is -0.0409. The molecule has 22 heavy (non-hydrogen) atoms. The zero-order valence-electron chi connectivity index (χ0n) is 11.7. The van der Waals surface area contributed by atoms with Crippen LogP contribution in [0.25, 0.3) is 17.1 Å². The van der Waals surface area contributed by atoms with Crippen LogP contribution in [0.2, 0.25) is 0 Å². The Morgan fingerprint density at radius 1 is 1.09 bits per heavy atom. The van der Waals surface area contributed by atoms with E-state index >= 15 is 0 Å². The average Bonchev–Trinajstić information content (AvgIpc) is 2.98. The van der Waals surface area contributed by atoms with Gasteiger partial charge in [0.15, 0.2) is 0 Å². The summed E-state index contributed by atoms with van der Waals surface area (Å²) < 4.78 is 12.9. The SMILES string of the molecule is CC(=O)Nc1ccc(-n2nnc(-c3ccc(F)cc3)n2)cc1. The van der Waals surface area contributed by atoms with Gasteiger partial charge in [0.2, 0.25) is 11.7 Å². The summed E-state index contributed by atoms with van der Waals surface area (Å²) in [6.07, 6.45) is 0. The van der Waals surface area contributed by atoms with Crippen LogP contribution in [-0.2, 0) is 4.79 Å². The molecule has 0 saturated carbocycles. The van der Waals surface area contributed by atoms with E-state index in [1.165, 1.54) is 23.9 Å². The highest BCUT2D eigenvalue weighted by Crippen LogP contribution is 2.16. The molecule has 0 aliphatic heterocycles. The first-order valence-corrected chi connectivity index (χ1v) is 6.56. The second-order valence-corrected chi connectivity index (χ2v) is 4.64. The van der Waals surface area contributed by atoms with E-state index in [1.54, 1.807) is 36.4 Å². The fourth-order valence-electron chi connectivity index (χ4n) is 1.92. The van der Waals surface area contributed by atoms with E-state index in [0.717, 1.165) is 0 Å². The van der Waals surface area contributed by atoms with Gasteiger partial charge in [0, 0.05) is 18.2 Å². The third-order valence-corrected chi connectivity index (χ3v) is 2.93. The van der Waals surface area contributed by atoms with Crippen LogP contribution >= 0.6 is 0 Å². The van der Waals surface area contributed by atoms with Crippen LogP contribution in [0.15, 0.2) is 48.5 Å². The second kappa shape index (κ2) is 5.72. The number of nitrogens with one attached hydrogen (secondary N) is 1. The van der Waals surface area contributed by atoms with Gasteiger partial charge in [-0.25, -0.2) is 4.39 Å². The van der Waals surface area contributed by atoms with E-state index in [-0.39, 0.29) is 11.7 Å². The molecule has 3 rings (SSSR count). The van der Waals surface area contributed by atoms with E-state index < -0.39 is 0 Å². The molecule has 0 radical (unpaired) electrons. The molecule has 1 N–H and O–H groups in total. The summed E-state index contributed by atoms with van der Waals surface area (Å²) in [5, 5.41) is 14.9. The molecule has 1 aromatic heterocycles. The number of hydrogen-bond donors (Lipinski definition) is 1. The number of carbonyl (C=O) groups excluding carboxylic acids is 1. The maximum Gasteiger partial charge on any atom is 0.221 e. The number of anilines is 1. The maximum absolute atomic E-state index is 12.9. The van der Waals surface area contributed by atoms with Crippen molar-refractivity contribution in [1.82, 2.24) is 20.2 Å². The highest BCUT2D eigenvalue weighted by atomic mass is 19.1. The lowest BCUT2D eigenvalue weighted by Gasteiger charge is -2.03. The molecule has 6 nitrogen and oxygen atoms in total. The first kappa shape index (κ1) is 13.9. The minimum atomic E-state index is -0.315. The number of aromatic nitrogens is 4. The van der Waals surface area contributed by atoms with Crippen molar-refractivity contribution >= 4 is 11.6 Å². The van der Waals surface area contributed by atoms with E-state index in [4.69, 9.17) is 0 Å². The molecule has 1 amide bonds. The number of hydrogen-bond acceptors (Lipinski definition) is 4. The Bertz CT molecular complexity index is 796. The first-order valence-electron chi connectivity index (χ1n) is 6.56. The molecular formula is C15H12FN5O. The van der Waals surface area contributed by atoms with Gasteiger partial charge in [0.05, 0.1) is 5.69 Å². The van der Waals surface area contributed by atoms with Crippen molar-refractivity contribution in [3.05, 3.63) is 54.3 Å². The van der Waals surface area contributed by atoms with Gasteiger partial charge in [-0.2, -0.15) is 0 Å². The Hall–Kier alpha value is -3.09. The minimum absolute atomic E-state index is 0.134. The summed E-state index contributed by atoms with van der Waals surface area (Å²) in [7, 11) is 0. The van der Waals surface area contributed by atoms with E-state index in [0.29, 0.717) is 22.8 Å². The van der Waals surface area contributed by atoms with Crippen LogP contribution in [0.3, 0.4) is 0 Å². The molecule has 0 aliphatic carbocycles. The van der Waals surface area contributed by atoms with Gasteiger partial charge in [-0.15, -0.1) is 15.0 Å². The molecule has 7 heteroatoms. The Kier molecular flexibility index (Phi) is 3.61. The maximum atomic E-state index is 12.9. The summed E-state index contributed by atoms with van der Waals surface area (Å²) in [6.45, 7) is 1.45. The molecule has 1 heterocycles. The Balaban J connectivity index is 1.84. The lowest BCUT2D eigenvalue weighted by atomic mass is 10.2. The number of rotatable bonds is 3. The third-order valence-electron chi connectivity index (χ3n) is 2.93. The number of tetrazole rings is 1. The fraction of sp³-hybridized carbons (Fsp3) is 0.0667. The number of halogens is 1. The van der Waals surface area contributed by atoms with Gasteiger partial charge >= 0.3 is 0 Å². The molecule has 0 spiro atoms. The Morgan fingerprint density at radius 2 is 1.77 bits per heavy atom. The third kappa shape index (κ3) is 2.98. The van der Waals surface area contributed by atoms with Gasteiger partial charge in [-0.05, 0) is 53.7 Å². The smallest absolute Gasteiger partial charge is 0.221 e. The largest absolute Gasteiger partial charge is 0.326 e. The summed E-state index contributed by atoms with van der Waals surface area (Å²) in [5.41, 5.74) is 2.08. The molecular weight excluding hydrogens is 285 g/mol. The predicted octanol–water partition coefficient (Wildman–Crippen LogP) is 2.43. The number of amides is 1. The van der Waals surface area contributed by atoms with Gasteiger partial charge in [-0.1, -0.05) is 0 Å². The van der Waals surface area contributed by atoms with Crippen molar-refractivity contribution in [2.24, 2.45) is 0 Å². The normalized spacial score (nSPS) is 10.5. The van der Waals surface area contributed by atoms with Crippen LogP contribution in [0.1, 0.15) is 6.92 Å². The van der Waals surface area contributed by atoms with Gasteiger partial charge in [0.1, 0.15) is 5.82 Å². The highest BCUT2D eigenvalue weighted by Gasteiger charge is 2.07. The number of nitrogens with zero attached hydrogens (tertiary/aromatic N) is 4. The molecule has 0 bridgehead atoms. The zero-order valence-corrected chi connectivity index (χ0v) is 11.7. The van der Waals surface area contributed by atoms with Crippen LogP contribution in [0, 0.1) is 5.82 Å². The van der Waals surface area contributed by atoms with Crippen molar-refractivity contribution in [3.63, 3.8) is 0 Å². The van der Waals surface area contributed by atoms with E-state index in [1.807, 2.05) is 0 Å². The number of benzene rings is 2. The molecule has 110 valence electrons. The molecule has 0 atom stereocenters. The lowest BCUT2D eigenvalue weighted by Crippen LogP contribution is -2.06. The van der Waals surface area contributed by atoms with E-state index in [9.17, 15) is 9.18 Å². The van der Waals surface area contributed by atoms with Crippen LogP contribution in [0.5, 0.6) is 0 Å². The predicted molar refractivity (Wildman–Crippen MR) is 78.9 cm³/mol. The van der Waals surface area contributed by atoms with Gasteiger partial charge < -0.3 is 5.32 Å². The Labute approximate surface area is 125 Å². The van der Waals surface area contributed by atoms with Crippen molar-refractivity contribution in [2.45, 2.75) is 6.92 Å². The molecule has 0 aliphatic rings. The standard InChI is InChI=1S/C15H12FN5O/c1-10(22)17-13-6-8-14(9-7-13)21-19-15(18-20-21)11-2-4-12(16)5-3-11/h2-9H,1H3,(H,17,22). The fourth-order valence-corrected chi connectivity index (χ4v) is 1.92. The molecule has 0 saturated heterocycles. The van der Waals surface area contributed by atoms with Crippen molar-refractivity contribution < 1.29 is 9.18 Å². The quantitative estimate of drug-likeness (QED) is 0.806. The van der Waals surface area contributed by atoms with Crippen molar-refractivity contribution in [2.75, 3.05) is 5.32 Å².